The fourth-order valence-electron chi connectivity index (χ4n) is 2.94. The monoisotopic (exact) mass is 442 g/mol. The van der Waals surface area contributed by atoms with Crippen molar-refractivity contribution in [3.63, 3.8) is 0 Å². The smallest absolute Gasteiger partial charge is 0.356 e. The first kappa shape index (κ1) is 23.7. The predicted molar refractivity (Wildman–Crippen MR) is 111 cm³/mol. The molecule has 9 heteroatoms. The lowest BCUT2D eigenvalue weighted by Crippen LogP contribution is -2.32. The predicted octanol–water partition coefficient (Wildman–Crippen LogP) is 4.17. The molecule has 30 heavy (non-hydrogen) atoms. The van der Waals surface area contributed by atoms with Gasteiger partial charge in [-0.25, -0.2) is 8.42 Å². The molecule has 2 aromatic carbocycles. The highest BCUT2D eigenvalue weighted by Crippen LogP contribution is 2.31. The summed E-state index contributed by atoms with van der Waals surface area (Å²) in [6, 6.07) is 13.6. The van der Waals surface area contributed by atoms with Crippen LogP contribution in [-0.2, 0) is 21.0 Å². The number of rotatable bonds is 9. The molecule has 0 aliphatic carbocycles. The molecule has 0 aliphatic heterocycles. The number of sulfonamides is 1. The number of carbonyl (C=O) groups is 1. The Bertz CT molecular complexity index is 930. The van der Waals surface area contributed by atoms with E-state index in [0.717, 1.165) is 40.4 Å². The number of hydrogen-bond donors (Lipinski definition) is 1. The number of hydrogen-bond acceptors (Lipinski definition) is 3. The van der Waals surface area contributed by atoms with Gasteiger partial charge in [0.25, 0.3) is 0 Å². The summed E-state index contributed by atoms with van der Waals surface area (Å²) in [4.78, 5) is 12.1. The first-order chi connectivity index (χ1) is 14.0. The third-order valence-corrected chi connectivity index (χ3v) is 5.82. The highest BCUT2D eigenvalue weighted by Gasteiger charge is 2.30. The van der Waals surface area contributed by atoms with Gasteiger partial charge in [-0.15, -0.1) is 0 Å². The minimum atomic E-state index is -4.50. The van der Waals surface area contributed by atoms with E-state index < -0.39 is 21.8 Å². The second-order valence-electron chi connectivity index (χ2n) is 7.10. The molecule has 0 radical (unpaired) electrons. The van der Waals surface area contributed by atoms with E-state index in [9.17, 15) is 26.4 Å². The van der Waals surface area contributed by atoms with Crippen LogP contribution >= 0.6 is 0 Å². The average molecular weight is 443 g/mol. The van der Waals surface area contributed by atoms with Crippen molar-refractivity contribution in [1.82, 2.24) is 5.32 Å². The van der Waals surface area contributed by atoms with Crippen LogP contribution in [0.4, 0.5) is 18.9 Å². The van der Waals surface area contributed by atoms with Gasteiger partial charge >= 0.3 is 6.18 Å². The Balaban J connectivity index is 1.90. The van der Waals surface area contributed by atoms with E-state index in [4.69, 9.17) is 0 Å². The Morgan fingerprint density at radius 3 is 2.20 bits per heavy atom. The van der Waals surface area contributed by atoms with Gasteiger partial charge in [-0.2, -0.15) is 13.2 Å². The summed E-state index contributed by atoms with van der Waals surface area (Å²) in [7, 11) is -3.71. The quantitative estimate of drug-likeness (QED) is 0.634. The van der Waals surface area contributed by atoms with Crippen LogP contribution < -0.4 is 9.62 Å². The molecule has 2 rings (SSSR count). The number of amides is 1. The number of alkyl halides is 3. The minimum absolute atomic E-state index is 0.00808. The van der Waals surface area contributed by atoms with Crippen molar-refractivity contribution in [2.45, 2.75) is 31.9 Å². The summed E-state index contributed by atoms with van der Waals surface area (Å²) in [5, 5.41) is 2.83. The van der Waals surface area contributed by atoms with E-state index in [2.05, 4.69) is 5.32 Å². The van der Waals surface area contributed by atoms with Crippen LogP contribution in [0.15, 0.2) is 54.6 Å². The van der Waals surface area contributed by atoms with E-state index >= 15 is 0 Å². The second-order valence-corrected chi connectivity index (χ2v) is 9.01. The molecule has 5 nitrogen and oxygen atoms in total. The molecule has 0 fully saturated rings. The van der Waals surface area contributed by atoms with Crippen LogP contribution in [0.3, 0.4) is 0 Å². The Morgan fingerprint density at radius 1 is 1.07 bits per heavy atom. The lowest BCUT2D eigenvalue weighted by molar-refractivity contribution is -0.137. The van der Waals surface area contributed by atoms with Crippen LogP contribution in [0.2, 0.25) is 0 Å². The van der Waals surface area contributed by atoms with Gasteiger partial charge in [-0.05, 0) is 42.2 Å². The maximum Gasteiger partial charge on any atom is 0.416 e. The number of anilines is 1. The molecule has 0 saturated heterocycles. The molecule has 0 unspecified atom stereocenters. The number of nitrogens with one attached hydrogen (secondary N) is 1. The van der Waals surface area contributed by atoms with Gasteiger partial charge in [0.15, 0.2) is 0 Å². The zero-order valence-electron chi connectivity index (χ0n) is 16.8. The van der Waals surface area contributed by atoms with Crippen LogP contribution in [0.1, 0.15) is 36.8 Å². The molecule has 164 valence electrons. The average Bonchev–Trinajstić information content (AvgIpc) is 2.68. The lowest BCUT2D eigenvalue weighted by atomic mass is 10.0. The molecule has 0 aliphatic rings. The number of carbonyl (C=O) groups excluding carboxylic acids is 1. The summed E-state index contributed by atoms with van der Waals surface area (Å²) < 4.78 is 63.3. The molecular formula is C21H25F3N2O3S. The summed E-state index contributed by atoms with van der Waals surface area (Å²) >= 11 is 0. The van der Waals surface area contributed by atoms with Gasteiger partial charge in [0.05, 0.1) is 17.5 Å². The Labute approximate surface area is 175 Å². The van der Waals surface area contributed by atoms with Gasteiger partial charge in [0, 0.05) is 19.5 Å². The lowest BCUT2D eigenvalue weighted by Gasteiger charge is -2.23. The SMILES string of the molecule is C[C@@H](CNC(=O)CCCN(c1ccc(C(F)(F)F)cc1)S(C)(=O)=O)c1ccccc1. The third-order valence-electron chi connectivity index (χ3n) is 4.62. The molecule has 1 atom stereocenters. The van der Waals surface area contributed by atoms with Gasteiger partial charge in [-0.3, -0.25) is 9.10 Å². The molecule has 0 spiro atoms. The molecule has 2 aromatic rings. The topological polar surface area (TPSA) is 66.5 Å². The van der Waals surface area contributed by atoms with E-state index in [-0.39, 0.29) is 36.9 Å². The van der Waals surface area contributed by atoms with Crippen LogP contribution in [0, 0.1) is 0 Å². The van der Waals surface area contributed by atoms with Crippen LogP contribution in [-0.4, -0.2) is 33.7 Å². The number of benzene rings is 2. The molecule has 1 amide bonds. The van der Waals surface area contributed by atoms with Crippen molar-refractivity contribution in [1.29, 1.82) is 0 Å². The van der Waals surface area contributed by atoms with E-state index in [1.54, 1.807) is 0 Å². The first-order valence-electron chi connectivity index (χ1n) is 9.45. The largest absolute Gasteiger partial charge is 0.416 e. The maximum atomic E-state index is 12.7. The Morgan fingerprint density at radius 2 is 1.67 bits per heavy atom. The number of halogens is 3. The van der Waals surface area contributed by atoms with Crippen molar-refractivity contribution >= 4 is 21.6 Å². The van der Waals surface area contributed by atoms with E-state index in [1.165, 1.54) is 0 Å². The summed E-state index contributed by atoms with van der Waals surface area (Å²) in [5.41, 5.74) is 0.374. The van der Waals surface area contributed by atoms with Crippen LogP contribution in [0.5, 0.6) is 0 Å². The van der Waals surface area contributed by atoms with Gasteiger partial charge in [0.1, 0.15) is 0 Å². The first-order valence-corrected chi connectivity index (χ1v) is 11.3. The van der Waals surface area contributed by atoms with E-state index in [1.807, 2.05) is 37.3 Å². The number of nitrogens with zero attached hydrogens (tertiary/aromatic N) is 1. The van der Waals surface area contributed by atoms with Crippen molar-refractivity contribution < 1.29 is 26.4 Å². The van der Waals surface area contributed by atoms with Gasteiger partial charge in [0.2, 0.25) is 15.9 Å². The summed E-state index contributed by atoms with van der Waals surface area (Å²) in [6.45, 7) is 2.44. The molecular weight excluding hydrogens is 417 g/mol. The molecule has 0 aromatic heterocycles. The third kappa shape index (κ3) is 7.05. The zero-order valence-corrected chi connectivity index (χ0v) is 17.6. The van der Waals surface area contributed by atoms with Gasteiger partial charge in [-0.1, -0.05) is 37.3 Å². The van der Waals surface area contributed by atoms with Gasteiger partial charge < -0.3 is 5.32 Å². The standard InChI is InChI=1S/C21H25F3N2O3S/c1-16(17-7-4-3-5-8-17)15-25-20(27)9-6-14-26(30(2,28)29)19-12-10-18(11-13-19)21(22,23)24/h3-5,7-8,10-13,16H,6,9,14-15H2,1-2H3,(H,25,27)/t16-/m0/s1. The molecule has 0 saturated carbocycles. The van der Waals surface area contributed by atoms with E-state index in [0.29, 0.717) is 6.54 Å². The van der Waals surface area contributed by atoms with Crippen molar-refractivity contribution in [3.8, 4) is 0 Å². The van der Waals surface area contributed by atoms with Crippen molar-refractivity contribution in [2.24, 2.45) is 0 Å². The normalized spacial score (nSPS) is 13.0. The maximum absolute atomic E-state index is 12.7. The van der Waals surface area contributed by atoms with Crippen LogP contribution in [0.25, 0.3) is 0 Å². The fourth-order valence-corrected chi connectivity index (χ4v) is 3.91. The highest BCUT2D eigenvalue weighted by molar-refractivity contribution is 7.92. The zero-order chi connectivity index (χ0) is 22.4. The molecule has 0 bridgehead atoms. The Hall–Kier alpha value is -2.55. The molecule has 0 heterocycles. The minimum Gasteiger partial charge on any atom is -0.356 e. The second kappa shape index (κ2) is 9.97. The fraction of sp³-hybridized carbons (Fsp3) is 0.381. The van der Waals surface area contributed by atoms with Crippen molar-refractivity contribution in [2.75, 3.05) is 23.7 Å². The summed E-state index contributed by atoms with van der Waals surface area (Å²) in [5.74, 6) is -0.0755. The Kier molecular flexibility index (Phi) is 7.89. The van der Waals surface area contributed by atoms with Crippen molar-refractivity contribution in [3.05, 3.63) is 65.7 Å². The highest BCUT2D eigenvalue weighted by atomic mass is 32.2. The molecule has 1 N–H and O–H groups in total. The summed E-state index contributed by atoms with van der Waals surface area (Å²) in [6.07, 6.45) is -3.18.